The quantitative estimate of drug-likeness (QED) is 0.938. The van der Waals surface area contributed by atoms with Crippen molar-refractivity contribution < 1.29 is 14.3 Å². The Bertz CT molecular complexity index is 638. The summed E-state index contributed by atoms with van der Waals surface area (Å²) in [5, 5.41) is 13.1. The molecule has 1 aromatic carbocycles. The van der Waals surface area contributed by atoms with Gasteiger partial charge in [0.2, 0.25) is 0 Å². The van der Waals surface area contributed by atoms with Gasteiger partial charge in [-0.15, -0.1) is 0 Å². The Hall–Kier alpha value is -1.88. The molecule has 100 valence electrons. The minimum absolute atomic E-state index is 0.0880. The van der Waals surface area contributed by atoms with Crippen LogP contribution >= 0.6 is 11.6 Å². The van der Waals surface area contributed by atoms with Crippen LogP contribution in [0.5, 0.6) is 0 Å². The minimum Gasteiger partial charge on any atom is -0.476 e. The molecule has 0 spiro atoms. The molecule has 1 heterocycles. The van der Waals surface area contributed by atoms with E-state index in [0.717, 1.165) is 0 Å². The van der Waals surface area contributed by atoms with Crippen LogP contribution in [0.4, 0.5) is 4.39 Å². The highest BCUT2D eigenvalue weighted by atomic mass is 35.5. The van der Waals surface area contributed by atoms with E-state index in [9.17, 15) is 9.18 Å². The van der Waals surface area contributed by atoms with E-state index in [4.69, 9.17) is 16.7 Å². The molecule has 0 bridgehead atoms. The van der Waals surface area contributed by atoms with Gasteiger partial charge in [0, 0.05) is 23.2 Å². The van der Waals surface area contributed by atoms with Gasteiger partial charge in [-0.2, -0.15) is 5.10 Å². The smallest absolute Gasteiger partial charge is 0.356 e. The number of alkyl halides is 1. The minimum atomic E-state index is -1.26. The lowest BCUT2D eigenvalue weighted by Gasteiger charge is -2.12. The maximum Gasteiger partial charge on any atom is 0.356 e. The SMILES string of the molecule is CC(F)c1c(Cl)cccc1-c1cc(C(=O)O)nn1C. The lowest BCUT2D eigenvalue weighted by Crippen LogP contribution is -2.00. The first-order valence-electron chi connectivity index (χ1n) is 5.62. The fourth-order valence-electron chi connectivity index (χ4n) is 1.99. The molecule has 2 aromatic rings. The van der Waals surface area contributed by atoms with Crippen LogP contribution in [0.3, 0.4) is 0 Å². The van der Waals surface area contributed by atoms with Crippen molar-refractivity contribution in [1.82, 2.24) is 9.78 Å². The molecule has 0 amide bonds. The number of hydrogen-bond acceptors (Lipinski definition) is 2. The number of hydrogen-bond donors (Lipinski definition) is 1. The molecule has 6 heteroatoms. The van der Waals surface area contributed by atoms with Crippen molar-refractivity contribution in [3.8, 4) is 11.3 Å². The van der Waals surface area contributed by atoms with Gasteiger partial charge < -0.3 is 5.11 Å². The molecule has 1 N–H and O–H groups in total. The molecule has 19 heavy (non-hydrogen) atoms. The first-order chi connectivity index (χ1) is 8.91. The highest BCUT2D eigenvalue weighted by molar-refractivity contribution is 6.31. The lowest BCUT2D eigenvalue weighted by molar-refractivity contribution is 0.0689. The third-order valence-electron chi connectivity index (χ3n) is 2.83. The summed E-state index contributed by atoms with van der Waals surface area (Å²) in [7, 11) is 1.61. The topological polar surface area (TPSA) is 55.1 Å². The molecule has 0 aliphatic rings. The van der Waals surface area contributed by atoms with Crippen molar-refractivity contribution in [3.05, 3.63) is 40.5 Å². The monoisotopic (exact) mass is 282 g/mol. The van der Waals surface area contributed by atoms with E-state index in [0.29, 0.717) is 21.8 Å². The van der Waals surface area contributed by atoms with Crippen LogP contribution in [0.2, 0.25) is 5.02 Å². The van der Waals surface area contributed by atoms with Gasteiger partial charge in [-0.3, -0.25) is 4.68 Å². The van der Waals surface area contributed by atoms with Crippen molar-refractivity contribution in [1.29, 1.82) is 0 Å². The van der Waals surface area contributed by atoms with E-state index in [-0.39, 0.29) is 5.69 Å². The molecule has 1 atom stereocenters. The summed E-state index contributed by atoms with van der Waals surface area (Å²) in [6.07, 6.45) is -1.26. The first-order valence-corrected chi connectivity index (χ1v) is 5.99. The summed E-state index contributed by atoms with van der Waals surface area (Å²) < 4.78 is 15.1. The summed E-state index contributed by atoms with van der Waals surface area (Å²) in [5.41, 5.74) is 1.31. The molecule has 0 aliphatic carbocycles. The first kappa shape index (κ1) is 13.5. The van der Waals surface area contributed by atoms with E-state index in [2.05, 4.69) is 5.10 Å². The van der Waals surface area contributed by atoms with Gasteiger partial charge in [0.15, 0.2) is 5.69 Å². The van der Waals surface area contributed by atoms with Crippen molar-refractivity contribution >= 4 is 17.6 Å². The van der Waals surface area contributed by atoms with Gasteiger partial charge in [0.05, 0.1) is 5.69 Å². The second-order valence-corrected chi connectivity index (χ2v) is 4.57. The summed E-state index contributed by atoms with van der Waals surface area (Å²) >= 11 is 6.01. The Labute approximate surface area is 114 Å². The van der Waals surface area contributed by atoms with Crippen LogP contribution in [0.25, 0.3) is 11.3 Å². The summed E-state index contributed by atoms with van der Waals surface area (Å²) in [6, 6.07) is 6.39. The van der Waals surface area contributed by atoms with E-state index in [1.54, 1.807) is 25.2 Å². The fraction of sp³-hybridized carbons (Fsp3) is 0.231. The number of carbonyl (C=O) groups is 1. The summed E-state index contributed by atoms with van der Waals surface area (Å²) in [4.78, 5) is 10.9. The number of rotatable bonds is 3. The van der Waals surface area contributed by atoms with Crippen molar-refractivity contribution in [3.63, 3.8) is 0 Å². The number of aromatic carboxylic acids is 1. The number of halogens is 2. The maximum absolute atomic E-state index is 13.7. The fourth-order valence-corrected chi connectivity index (χ4v) is 2.31. The number of aromatic nitrogens is 2. The molecule has 1 aromatic heterocycles. The number of carboxylic acid groups (broad SMARTS) is 1. The number of benzene rings is 1. The van der Waals surface area contributed by atoms with Crippen LogP contribution in [0.1, 0.15) is 29.1 Å². The zero-order valence-corrected chi connectivity index (χ0v) is 11.1. The van der Waals surface area contributed by atoms with Crippen LogP contribution in [-0.4, -0.2) is 20.9 Å². The Morgan fingerprint density at radius 3 is 2.74 bits per heavy atom. The molecular formula is C13H12ClFN2O2. The zero-order chi connectivity index (χ0) is 14.2. The number of carboxylic acids is 1. The van der Waals surface area contributed by atoms with Crippen molar-refractivity contribution in [2.24, 2.45) is 7.05 Å². The number of nitrogens with zero attached hydrogens (tertiary/aromatic N) is 2. The van der Waals surface area contributed by atoms with Gasteiger partial charge in [0.1, 0.15) is 6.17 Å². The van der Waals surface area contributed by atoms with Gasteiger partial charge in [-0.25, -0.2) is 9.18 Å². The Morgan fingerprint density at radius 1 is 1.53 bits per heavy atom. The average molecular weight is 283 g/mol. The van der Waals surface area contributed by atoms with E-state index in [1.165, 1.54) is 17.7 Å². The molecule has 0 aliphatic heterocycles. The molecular weight excluding hydrogens is 271 g/mol. The third-order valence-corrected chi connectivity index (χ3v) is 3.16. The third kappa shape index (κ3) is 2.46. The summed E-state index contributed by atoms with van der Waals surface area (Å²) in [6.45, 7) is 1.39. The molecule has 0 fully saturated rings. The predicted octanol–water partition coefficient (Wildman–Crippen LogP) is 3.47. The van der Waals surface area contributed by atoms with Gasteiger partial charge in [-0.05, 0) is 19.1 Å². The highest BCUT2D eigenvalue weighted by Gasteiger charge is 2.19. The second kappa shape index (κ2) is 5.01. The Morgan fingerprint density at radius 2 is 2.21 bits per heavy atom. The molecule has 1 unspecified atom stereocenters. The zero-order valence-electron chi connectivity index (χ0n) is 10.4. The molecule has 0 saturated carbocycles. The summed E-state index contributed by atoms with van der Waals surface area (Å²) in [5.74, 6) is -1.13. The normalized spacial score (nSPS) is 12.4. The lowest BCUT2D eigenvalue weighted by atomic mass is 10.0. The highest BCUT2D eigenvalue weighted by Crippen LogP contribution is 2.35. The van der Waals surface area contributed by atoms with Gasteiger partial charge in [0.25, 0.3) is 0 Å². The van der Waals surface area contributed by atoms with Crippen LogP contribution in [0, 0.1) is 0 Å². The molecule has 0 saturated heterocycles. The van der Waals surface area contributed by atoms with Crippen molar-refractivity contribution in [2.45, 2.75) is 13.1 Å². The predicted molar refractivity (Wildman–Crippen MR) is 70.1 cm³/mol. The number of aryl methyl sites for hydroxylation is 1. The van der Waals surface area contributed by atoms with Gasteiger partial charge >= 0.3 is 5.97 Å². The van der Waals surface area contributed by atoms with Crippen LogP contribution in [-0.2, 0) is 7.05 Å². The molecule has 0 radical (unpaired) electrons. The Kier molecular flexibility index (Phi) is 3.57. The van der Waals surface area contributed by atoms with Crippen molar-refractivity contribution in [2.75, 3.05) is 0 Å². The average Bonchev–Trinajstić information content (AvgIpc) is 2.70. The Balaban J connectivity index is 2.65. The standard InChI is InChI=1S/C13H12ClFN2O2/c1-7(15)12-8(4-3-5-9(12)14)11-6-10(13(18)19)16-17(11)2/h3-7H,1-2H3,(H,18,19). The van der Waals surface area contributed by atoms with E-state index >= 15 is 0 Å². The molecule has 4 nitrogen and oxygen atoms in total. The second-order valence-electron chi connectivity index (χ2n) is 4.16. The largest absolute Gasteiger partial charge is 0.476 e. The van der Waals surface area contributed by atoms with Crippen LogP contribution < -0.4 is 0 Å². The van der Waals surface area contributed by atoms with E-state index < -0.39 is 12.1 Å². The maximum atomic E-state index is 13.7. The molecule has 2 rings (SSSR count). The van der Waals surface area contributed by atoms with E-state index in [1.807, 2.05) is 0 Å². The van der Waals surface area contributed by atoms with Crippen LogP contribution in [0.15, 0.2) is 24.3 Å². The van der Waals surface area contributed by atoms with Gasteiger partial charge in [-0.1, -0.05) is 23.7 Å².